The quantitative estimate of drug-likeness (QED) is 0.260. The van der Waals surface area contributed by atoms with Crippen LogP contribution in [0.3, 0.4) is 0 Å². The summed E-state index contributed by atoms with van der Waals surface area (Å²) >= 11 is 0. The van der Waals surface area contributed by atoms with Gasteiger partial charge < -0.3 is 15.5 Å². The fraction of sp³-hybridized carbons (Fsp3) is 0.654. The second kappa shape index (κ2) is 13.5. The van der Waals surface area contributed by atoms with Gasteiger partial charge in [-0.3, -0.25) is 9.89 Å². The molecule has 0 unspecified atom stereocenters. The molecule has 0 aromatic heterocycles. The highest BCUT2D eigenvalue weighted by Gasteiger charge is 2.20. The first-order valence-corrected chi connectivity index (χ1v) is 12.3. The smallest absolute Gasteiger partial charge is 0.191 e. The van der Waals surface area contributed by atoms with E-state index >= 15 is 0 Å². The minimum atomic E-state index is 0.532. The van der Waals surface area contributed by atoms with Gasteiger partial charge in [0.2, 0.25) is 0 Å². The van der Waals surface area contributed by atoms with Gasteiger partial charge in [-0.1, -0.05) is 36.4 Å². The summed E-state index contributed by atoms with van der Waals surface area (Å²) in [5, 5.41) is 7.13. The van der Waals surface area contributed by atoms with E-state index in [1.54, 1.807) is 0 Å². The molecule has 0 aliphatic carbocycles. The lowest BCUT2D eigenvalue weighted by Gasteiger charge is -2.32. The predicted molar refractivity (Wildman–Crippen MR) is 133 cm³/mol. The van der Waals surface area contributed by atoms with Crippen LogP contribution in [0.1, 0.15) is 44.1 Å². The molecule has 2 aliphatic rings. The third-order valence-corrected chi connectivity index (χ3v) is 6.81. The average molecular weight is 426 g/mol. The molecule has 0 saturated carbocycles. The third-order valence-electron chi connectivity index (χ3n) is 6.81. The van der Waals surface area contributed by atoms with E-state index in [0.29, 0.717) is 6.04 Å². The minimum absolute atomic E-state index is 0.532. The topological polar surface area (TPSA) is 42.9 Å². The molecule has 172 valence electrons. The lowest BCUT2D eigenvalue weighted by Crippen LogP contribution is -2.48. The second-order valence-electron chi connectivity index (χ2n) is 9.19. The Labute approximate surface area is 190 Å². The number of rotatable bonds is 10. The van der Waals surface area contributed by atoms with E-state index in [1.165, 1.54) is 70.1 Å². The maximum atomic E-state index is 4.42. The molecule has 1 aromatic carbocycles. The maximum absolute atomic E-state index is 4.42. The molecule has 5 nitrogen and oxygen atoms in total. The summed E-state index contributed by atoms with van der Waals surface area (Å²) in [4.78, 5) is 9.54. The summed E-state index contributed by atoms with van der Waals surface area (Å²) < 4.78 is 0. The Morgan fingerprint density at radius 3 is 2.42 bits per heavy atom. The molecule has 0 spiro atoms. The van der Waals surface area contributed by atoms with Crippen molar-refractivity contribution in [1.82, 2.24) is 20.4 Å². The van der Waals surface area contributed by atoms with Crippen LogP contribution in [-0.4, -0.2) is 74.7 Å². The van der Waals surface area contributed by atoms with Crippen LogP contribution in [-0.2, 0) is 6.42 Å². The van der Waals surface area contributed by atoms with Gasteiger partial charge in [0.25, 0.3) is 0 Å². The van der Waals surface area contributed by atoms with Crippen LogP contribution in [0, 0.1) is 5.92 Å². The van der Waals surface area contributed by atoms with Crippen LogP contribution in [0.5, 0.6) is 0 Å². The van der Waals surface area contributed by atoms with E-state index in [9.17, 15) is 0 Å². The Kier molecular flexibility index (Phi) is 10.4. The van der Waals surface area contributed by atoms with Crippen molar-refractivity contribution in [2.24, 2.45) is 10.9 Å². The zero-order valence-corrected chi connectivity index (χ0v) is 19.6. The second-order valence-corrected chi connectivity index (χ2v) is 9.19. The van der Waals surface area contributed by atoms with Gasteiger partial charge in [0.1, 0.15) is 0 Å². The number of nitrogens with zero attached hydrogens (tertiary/aromatic N) is 3. The molecule has 2 fully saturated rings. The largest absolute Gasteiger partial charge is 0.356 e. The fourth-order valence-corrected chi connectivity index (χ4v) is 4.86. The van der Waals surface area contributed by atoms with Crippen LogP contribution in [0.25, 0.3) is 0 Å². The number of hydrogen-bond donors (Lipinski definition) is 2. The Morgan fingerprint density at radius 1 is 1.03 bits per heavy atom. The number of likely N-dealkylation sites (tertiary alicyclic amines) is 2. The van der Waals surface area contributed by atoms with Crippen molar-refractivity contribution in [2.75, 3.05) is 52.9 Å². The zero-order valence-electron chi connectivity index (χ0n) is 19.6. The summed E-state index contributed by atoms with van der Waals surface area (Å²) in [7, 11) is 1.88. The van der Waals surface area contributed by atoms with Crippen LogP contribution in [0.2, 0.25) is 0 Å². The summed E-state index contributed by atoms with van der Waals surface area (Å²) in [6.07, 6.45) is 10.7. The first-order chi connectivity index (χ1) is 15.3. The first kappa shape index (κ1) is 23.8. The van der Waals surface area contributed by atoms with E-state index < -0.39 is 0 Å². The van der Waals surface area contributed by atoms with Crippen LogP contribution in [0.15, 0.2) is 48.0 Å². The van der Waals surface area contributed by atoms with E-state index in [0.717, 1.165) is 38.1 Å². The highest BCUT2D eigenvalue weighted by Crippen LogP contribution is 2.21. The van der Waals surface area contributed by atoms with Gasteiger partial charge in [-0.2, -0.15) is 0 Å². The molecule has 5 heteroatoms. The van der Waals surface area contributed by atoms with Crippen molar-refractivity contribution >= 4 is 5.96 Å². The molecule has 31 heavy (non-hydrogen) atoms. The summed E-state index contributed by atoms with van der Waals surface area (Å²) in [5.41, 5.74) is 1.50. The highest BCUT2D eigenvalue weighted by molar-refractivity contribution is 5.79. The van der Waals surface area contributed by atoms with Gasteiger partial charge in [-0.25, -0.2) is 0 Å². The van der Waals surface area contributed by atoms with Crippen LogP contribution < -0.4 is 10.6 Å². The molecule has 3 rings (SSSR count). The number of benzene rings is 1. The molecule has 0 bridgehead atoms. The Hall–Kier alpha value is -1.85. The molecule has 2 saturated heterocycles. The van der Waals surface area contributed by atoms with Crippen molar-refractivity contribution in [1.29, 1.82) is 0 Å². The van der Waals surface area contributed by atoms with Crippen LogP contribution in [0.4, 0.5) is 0 Å². The predicted octanol–water partition coefficient (Wildman–Crippen LogP) is 3.54. The molecular formula is C26H43N5. The first-order valence-electron chi connectivity index (χ1n) is 12.3. The monoisotopic (exact) mass is 425 g/mol. The molecular weight excluding hydrogens is 382 g/mol. The Bertz CT molecular complexity index is 643. The molecule has 0 radical (unpaired) electrons. The van der Waals surface area contributed by atoms with Crippen molar-refractivity contribution in [3.8, 4) is 0 Å². The summed E-state index contributed by atoms with van der Waals surface area (Å²) in [6.45, 7) is 11.9. The third kappa shape index (κ3) is 8.66. The molecule has 2 heterocycles. The Balaban J connectivity index is 1.22. The normalized spacial score (nSPS) is 20.0. The lowest BCUT2D eigenvalue weighted by atomic mass is 9.90. The maximum Gasteiger partial charge on any atom is 0.191 e. The average Bonchev–Trinajstić information content (AvgIpc) is 2.81. The number of nitrogens with one attached hydrogen (secondary N) is 2. The zero-order chi connectivity index (χ0) is 21.7. The van der Waals surface area contributed by atoms with E-state index in [-0.39, 0.29) is 0 Å². The van der Waals surface area contributed by atoms with Crippen molar-refractivity contribution < 1.29 is 0 Å². The summed E-state index contributed by atoms with van der Waals surface area (Å²) in [5.74, 6) is 1.82. The van der Waals surface area contributed by atoms with Crippen molar-refractivity contribution in [3.63, 3.8) is 0 Å². The van der Waals surface area contributed by atoms with E-state index in [4.69, 9.17) is 0 Å². The summed E-state index contributed by atoms with van der Waals surface area (Å²) in [6, 6.07) is 11.5. The molecule has 0 amide bonds. The number of hydrogen-bond acceptors (Lipinski definition) is 3. The Morgan fingerprint density at radius 2 is 1.74 bits per heavy atom. The molecule has 0 atom stereocenters. The number of unbranched alkanes of at least 4 members (excludes halogenated alkanes) is 1. The van der Waals surface area contributed by atoms with Crippen molar-refractivity contribution in [3.05, 3.63) is 48.6 Å². The van der Waals surface area contributed by atoms with Gasteiger partial charge in [-0.05, 0) is 76.1 Å². The number of piperidine rings is 2. The minimum Gasteiger partial charge on any atom is -0.356 e. The van der Waals surface area contributed by atoms with Gasteiger partial charge >= 0.3 is 0 Å². The van der Waals surface area contributed by atoms with E-state index in [2.05, 4.69) is 62.3 Å². The molecule has 1 aromatic rings. The standard InChI is InChI=1S/C26H43N5/c1-3-16-30-20-13-25(14-21-30)29-26(27-2)28-15-7-8-17-31-18-11-24(12-19-31)22-23-9-5-4-6-10-23/h3-6,9-10,24-25H,1,7-8,11-22H2,2H3,(H2,27,28,29). The number of guanidine groups is 1. The van der Waals surface area contributed by atoms with Crippen molar-refractivity contribution in [2.45, 2.75) is 51.0 Å². The highest BCUT2D eigenvalue weighted by atomic mass is 15.2. The van der Waals surface area contributed by atoms with Gasteiger partial charge in [0, 0.05) is 39.3 Å². The fourth-order valence-electron chi connectivity index (χ4n) is 4.86. The van der Waals surface area contributed by atoms with Gasteiger partial charge in [-0.15, -0.1) is 6.58 Å². The molecule has 2 N–H and O–H groups in total. The van der Waals surface area contributed by atoms with E-state index in [1.807, 2.05) is 13.1 Å². The van der Waals surface area contributed by atoms with Gasteiger partial charge in [0.05, 0.1) is 0 Å². The number of aliphatic imine (C=N–C) groups is 1. The van der Waals surface area contributed by atoms with Crippen LogP contribution >= 0.6 is 0 Å². The molecule has 2 aliphatic heterocycles. The SMILES string of the molecule is C=CCN1CCC(NC(=NC)NCCCCN2CCC(Cc3ccccc3)CC2)CC1. The lowest BCUT2D eigenvalue weighted by molar-refractivity contribution is 0.181. The van der Waals surface area contributed by atoms with Gasteiger partial charge in [0.15, 0.2) is 5.96 Å².